The number of hydrogen-bond acceptors (Lipinski definition) is 4. The van der Waals surface area contributed by atoms with Crippen LogP contribution in [0.5, 0.6) is 0 Å². The molecule has 1 aromatic heterocycles. The van der Waals surface area contributed by atoms with Crippen LogP contribution in [0.4, 0.5) is 0 Å². The smallest absolute Gasteiger partial charge is 0.254 e. The lowest BCUT2D eigenvalue weighted by molar-refractivity contribution is 0.0740. The molecular formula is C13H20N4O3. The Labute approximate surface area is 117 Å². The van der Waals surface area contributed by atoms with Crippen LogP contribution in [0.3, 0.4) is 0 Å². The van der Waals surface area contributed by atoms with Gasteiger partial charge >= 0.3 is 0 Å². The molecule has 0 radical (unpaired) electrons. The van der Waals surface area contributed by atoms with E-state index in [0.29, 0.717) is 18.7 Å². The van der Waals surface area contributed by atoms with Gasteiger partial charge in [-0.25, -0.2) is 0 Å². The van der Waals surface area contributed by atoms with Crippen molar-refractivity contribution in [2.24, 2.45) is 16.8 Å². The van der Waals surface area contributed by atoms with Crippen LogP contribution in [-0.4, -0.2) is 39.9 Å². The third-order valence-electron chi connectivity index (χ3n) is 2.66. The zero-order valence-electron chi connectivity index (χ0n) is 11.7. The van der Waals surface area contributed by atoms with Crippen LogP contribution < -0.4 is 11.3 Å². The number of nitrogens with one attached hydrogen (secondary N) is 1. The summed E-state index contributed by atoms with van der Waals surface area (Å²) in [7, 11) is 0. The summed E-state index contributed by atoms with van der Waals surface area (Å²) in [6.07, 6.45) is 1.71. The Hall–Kier alpha value is -2.31. The first-order valence-electron chi connectivity index (χ1n) is 6.38. The van der Waals surface area contributed by atoms with Gasteiger partial charge in [0.2, 0.25) is 5.56 Å². The monoisotopic (exact) mass is 280 g/mol. The highest BCUT2D eigenvalue weighted by atomic mass is 16.4. The van der Waals surface area contributed by atoms with E-state index in [-0.39, 0.29) is 29.6 Å². The third-order valence-corrected chi connectivity index (χ3v) is 2.66. The Kier molecular flexibility index (Phi) is 5.76. The van der Waals surface area contributed by atoms with Crippen LogP contribution in [0, 0.1) is 5.92 Å². The summed E-state index contributed by atoms with van der Waals surface area (Å²) in [5.74, 6) is 0.0984. The normalized spacial score (nSPS) is 11.7. The van der Waals surface area contributed by atoms with Gasteiger partial charge in [-0.3, -0.25) is 9.59 Å². The fraction of sp³-hybridized carbons (Fsp3) is 0.462. The van der Waals surface area contributed by atoms with E-state index in [4.69, 9.17) is 10.9 Å². The molecule has 0 aliphatic rings. The average Bonchev–Trinajstić information content (AvgIpc) is 2.41. The molecule has 7 heteroatoms. The van der Waals surface area contributed by atoms with Gasteiger partial charge in [-0.2, -0.15) is 0 Å². The molecule has 0 aromatic carbocycles. The van der Waals surface area contributed by atoms with Gasteiger partial charge in [0.15, 0.2) is 0 Å². The predicted octanol–water partition coefficient (Wildman–Crippen LogP) is 0.610. The zero-order valence-corrected chi connectivity index (χ0v) is 11.7. The molecule has 0 saturated heterocycles. The number of pyridine rings is 1. The second-order valence-corrected chi connectivity index (χ2v) is 4.93. The van der Waals surface area contributed by atoms with Crippen LogP contribution in [0.25, 0.3) is 0 Å². The van der Waals surface area contributed by atoms with E-state index < -0.39 is 0 Å². The summed E-state index contributed by atoms with van der Waals surface area (Å²) < 4.78 is 0. The Bertz CT molecular complexity index is 536. The van der Waals surface area contributed by atoms with Crippen molar-refractivity contribution in [3.63, 3.8) is 0 Å². The lowest BCUT2D eigenvalue weighted by atomic mass is 10.1. The zero-order chi connectivity index (χ0) is 15.1. The third kappa shape index (κ3) is 4.75. The molecular weight excluding hydrogens is 260 g/mol. The maximum atomic E-state index is 12.4. The summed E-state index contributed by atoms with van der Waals surface area (Å²) in [6.45, 7) is 4.84. The van der Waals surface area contributed by atoms with Gasteiger partial charge < -0.3 is 20.8 Å². The Morgan fingerprint density at radius 1 is 1.55 bits per heavy atom. The average molecular weight is 280 g/mol. The SMILES string of the molecule is CC(C)CN(CC/C(N)=N/O)C(=O)c1cc[nH]c(=O)c1. The highest BCUT2D eigenvalue weighted by Crippen LogP contribution is 2.07. The summed E-state index contributed by atoms with van der Waals surface area (Å²) in [6, 6.07) is 2.82. The topological polar surface area (TPSA) is 112 Å². The summed E-state index contributed by atoms with van der Waals surface area (Å²) in [4.78, 5) is 27.7. The second-order valence-electron chi connectivity index (χ2n) is 4.93. The number of nitrogens with zero attached hydrogens (tertiary/aromatic N) is 2. The van der Waals surface area contributed by atoms with E-state index in [0.717, 1.165) is 0 Å². The standard InChI is InChI=1S/C13H20N4O3/c1-9(2)8-17(6-4-11(14)16-20)13(19)10-3-5-15-12(18)7-10/h3,5,7,9,20H,4,6,8H2,1-2H3,(H2,14,16)(H,15,18). The van der Waals surface area contributed by atoms with Gasteiger partial charge in [0.1, 0.15) is 5.84 Å². The molecule has 0 bridgehead atoms. The van der Waals surface area contributed by atoms with Gasteiger partial charge in [0, 0.05) is 37.3 Å². The van der Waals surface area contributed by atoms with E-state index >= 15 is 0 Å². The van der Waals surface area contributed by atoms with Crippen molar-refractivity contribution in [3.05, 3.63) is 34.2 Å². The van der Waals surface area contributed by atoms with Crippen LogP contribution in [-0.2, 0) is 0 Å². The fourth-order valence-electron chi connectivity index (χ4n) is 1.78. The molecule has 0 spiro atoms. The Balaban J connectivity index is 2.86. The molecule has 7 nitrogen and oxygen atoms in total. The minimum Gasteiger partial charge on any atom is -0.409 e. The number of carbonyl (C=O) groups is 1. The van der Waals surface area contributed by atoms with Gasteiger partial charge in [0.05, 0.1) is 0 Å². The largest absolute Gasteiger partial charge is 0.409 e. The van der Waals surface area contributed by atoms with Gasteiger partial charge in [-0.15, -0.1) is 0 Å². The first-order chi connectivity index (χ1) is 9.43. The van der Waals surface area contributed by atoms with Gasteiger partial charge in [-0.05, 0) is 12.0 Å². The second kappa shape index (κ2) is 7.32. The van der Waals surface area contributed by atoms with Gasteiger partial charge in [0.25, 0.3) is 5.91 Å². The van der Waals surface area contributed by atoms with Crippen molar-refractivity contribution in [2.45, 2.75) is 20.3 Å². The molecule has 1 aromatic rings. The molecule has 0 unspecified atom stereocenters. The van der Waals surface area contributed by atoms with E-state index in [1.165, 1.54) is 12.3 Å². The number of oxime groups is 1. The lowest BCUT2D eigenvalue weighted by Crippen LogP contribution is -2.37. The molecule has 110 valence electrons. The molecule has 0 atom stereocenters. The first kappa shape index (κ1) is 15.7. The van der Waals surface area contributed by atoms with E-state index in [1.807, 2.05) is 13.8 Å². The van der Waals surface area contributed by atoms with E-state index in [2.05, 4.69) is 10.1 Å². The minimum absolute atomic E-state index is 0.0671. The number of aromatic nitrogens is 1. The van der Waals surface area contributed by atoms with E-state index in [9.17, 15) is 9.59 Å². The van der Waals surface area contributed by atoms with Crippen molar-refractivity contribution in [2.75, 3.05) is 13.1 Å². The number of rotatable bonds is 6. The number of amidine groups is 1. The van der Waals surface area contributed by atoms with E-state index in [1.54, 1.807) is 11.0 Å². The molecule has 4 N–H and O–H groups in total. The number of hydrogen-bond donors (Lipinski definition) is 3. The highest BCUT2D eigenvalue weighted by molar-refractivity contribution is 5.94. The molecule has 20 heavy (non-hydrogen) atoms. The van der Waals surface area contributed by atoms with Crippen LogP contribution in [0.15, 0.2) is 28.3 Å². The van der Waals surface area contributed by atoms with Crippen molar-refractivity contribution >= 4 is 11.7 Å². The van der Waals surface area contributed by atoms with Crippen LogP contribution >= 0.6 is 0 Å². The predicted molar refractivity (Wildman–Crippen MR) is 75.8 cm³/mol. The van der Waals surface area contributed by atoms with Crippen molar-refractivity contribution < 1.29 is 10.0 Å². The molecule has 0 fully saturated rings. The molecule has 1 rings (SSSR count). The number of aromatic amines is 1. The van der Waals surface area contributed by atoms with Crippen molar-refractivity contribution in [3.8, 4) is 0 Å². The molecule has 1 heterocycles. The number of nitrogens with two attached hydrogens (primary N) is 1. The fourth-order valence-corrected chi connectivity index (χ4v) is 1.78. The maximum absolute atomic E-state index is 12.4. The molecule has 0 aliphatic carbocycles. The molecule has 0 aliphatic heterocycles. The first-order valence-corrected chi connectivity index (χ1v) is 6.38. The number of carbonyl (C=O) groups excluding carboxylic acids is 1. The van der Waals surface area contributed by atoms with Crippen LogP contribution in [0.2, 0.25) is 0 Å². The Morgan fingerprint density at radius 3 is 2.80 bits per heavy atom. The van der Waals surface area contributed by atoms with Crippen molar-refractivity contribution in [1.29, 1.82) is 0 Å². The Morgan fingerprint density at radius 2 is 2.25 bits per heavy atom. The van der Waals surface area contributed by atoms with Gasteiger partial charge in [-0.1, -0.05) is 19.0 Å². The molecule has 0 saturated carbocycles. The number of amides is 1. The summed E-state index contributed by atoms with van der Waals surface area (Å²) >= 11 is 0. The lowest BCUT2D eigenvalue weighted by Gasteiger charge is -2.24. The quantitative estimate of drug-likeness (QED) is 0.307. The summed E-state index contributed by atoms with van der Waals surface area (Å²) in [5, 5.41) is 11.4. The summed E-state index contributed by atoms with van der Waals surface area (Å²) in [5.41, 5.74) is 5.43. The maximum Gasteiger partial charge on any atom is 0.254 e. The van der Waals surface area contributed by atoms with Crippen molar-refractivity contribution in [1.82, 2.24) is 9.88 Å². The highest BCUT2D eigenvalue weighted by Gasteiger charge is 2.17. The molecule has 1 amide bonds. The number of H-pyrrole nitrogens is 1. The van der Waals surface area contributed by atoms with Crippen LogP contribution in [0.1, 0.15) is 30.6 Å². The minimum atomic E-state index is -0.322.